The van der Waals surface area contributed by atoms with Gasteiger partial charge in [-0.1, -0.05) is 23.2 Å². The third-order valence-electron chi connectivity index (χ3n) is 0.842. The number of rotatable bonds is 0. The summed E-state index contributed by atoms with van der Waals surface area (Å²) >= 11 is 10.8. The van der Waals surface area contributed by atoms with Crippen molar-refractivity contribution in [3.8, 4) is 0 Å². The predicted octanol–water partition coefficient (Wildman–Crippen LogP) is 2.93. The van der Waals surface area contributed by atoms with E-state index in [1.807, 2.05) is 0 Å². The first-order valence-electron chi connectivity index (χ1n) is 2.23. The molecular formula is C6H2Cl2F. The van der Waals surface area contributed by atoms with Gasteiger partial charge in [0.25, 0.3) is 0 Å². The number of hydrogen-bond donors (Lipinski definition) is 0. The lowest BCUT2D eigenvalue weighted by atomic mass is 10.3. The highest BCUT2D eigenvalue weighted by Crippen LogP contribution is 2.23. The molecule has 0 amide bonds. The van der Waals surface area contributed by atoms with Gasteiger partial charge in [0.05, 0.1) is 10.0 Å². The zero-order chi connectivity index (χ0) is 6.85. The molecule has 0 aromatic heterocycles. The van der Waals surface area contributed by atoms with E-state index in [-0.39, 0.29) is 10.0 Å². The topological polar surface area (TPSA) is 0 Å². The molecular weight excluding hydrogens is 162 g/mol. The van der Waals surface area contributed by atoms with Gasteiger partial charge in [-0.05, 0) is 12.1 Å². The molecule has 0 aliphatic heterocycles. The Labute approximate surface area is 62.2 Å². The van der Waals surface area contributed by atoms with E-state index in [1.165, 1.54) is 12.1 Å². The molecule has 0 bridgehead atoms. The van der Waals surface area contributed by atoms with E-state index < -0.39 is 5.82 Å². The molecule has 0 spiro atoms. The summed E-state index contributed by atoms with van der Waals surface area (Å²) in [5.41, 5.74) is 0. The molecule has 47 valence electrons. The third-order valence-corrected chi connectivity index (χ3v) is 1.62. The lowest BCUT2D eigenvalue weighted by Crippen LogP contribution is -1.75. The molecule has 0 aliphatic rings. The SMILES string of the molecule is Fc1[c]ccc(Cl)c1Cl. The first-order valence-corrected chi connectivity index (χ1v) is 2.98. The summed E-state index contributed by atoms with van der Waals surface area (Å²) in [6.07, 6.45) is 0. The summed E-state index contributed by atoms with van der Waals surface area (Å²) in [4.78, 5) is 0. The number of hydrogen-bond acceptors (Lipinski definition) is 0. The van der Waals surface area contributed by atoms with Gasteiger partial charge in [-0.3, -0.25) is 0 Å². The van der Waals surface area contributed by atoms with Gasteiger partial charge in [0, 0.05) is 6.07 Å². The van der Waals surface area contributed by atoms with Crippen molar-refractivity contribution in [3.63, 3.8) is 0 Å². The van der Waals surface area contributed by atoms with Crippen LogP contribution in [0, 0.1) is 11.9 Å². The molecule has 0 atom stereocenters. The molecule has 1 radical (unpaired) electrons. The zero-order valence-corrected chi connectivity index (χ0v) is 5.80. The second-order valence-corrected chi connectivity index (χ2v) is 2.24. The Hall–Kier alpha value is -0.270. The van der Waals surface area contributed by atoms with Crippen molar-refractivity contribution in [2.75, 3.05) is 0 Å². The van der Waals surface area contributed by atoms with Crippen molar-refractivity contribution < 1.29 is 4.39 Å². The van der Waals surface area contributed by atoms with Gasteiger partial charge in [-0.2, -0.15) is 0 Å². The van der Waals surface area contributed by atoms with Crippen LogP contribution in [0.5, 0.6) is 0 Å². The van der Waals surface area contributed by atoms with Crippen molar-refractivity contribution in [3.05, 3.63) is 34.1 Å². The number of benzene rings is 1. The summed E-state index contributed by atoms with van der Waals surface area (Å²) in [5, 5.41) is 0.145. The lowest BCUT2D eigenvalue weighted by molar-refractivity contribution is 0.626. The van der Waals surface area contributed by atoms with Crippen molar-refractivity contribution in [2.45, 2.75) is 0 Å². The molecule has 1 rings (SSSR count). The molecule has 0 unspecified atom stereocenters. The van der Waals surface area contributed by atoms with Crippen molar-refractivity contribution >= 4 is 23.2 Å². The van der Waals surface area contributed by atoms with Crippen LogP contribution < -0.4 is 0 Å². The maximum Gasteiger partial charge on any atom is 0.151 e. The fourth-order valence-corrected chi connectivity index (χ4v) is 0.693. The van der Waals surface area contributed by atoms with Crippen LogP contribution in [0.1, 0.15) is 0 Å². The van der Waals surface area contributed by atoms with Gasteiger partial charge in [0.15, 0.2) is 5.82 Å². The fraction of sp³-hybridized carbons (Fsp3) is 0. The van der Waals surface area contributed by atoms with Crippen molar-refractivity contribution in [1.29, 1.82) is 0 Å². The Morgan fingerprint density at radius 1 is 1.44 bits per heavy atom. The smallest absolute Gasteiger partial charge is 0.151 e. The minimum Gasteiger partial charge on any atom is -0.205 e. The lowest BCUT2D eigenvalue weighted by Gasteiger charge is -1.92. The van der Waals surface area contributed by atoms with Gasteiger partial charge in [-0.15, -0.1) is 0 Å². The summed E-state index contributed by atoms with van der Waals surface area (Å²) in [6, 6.07) is 5.11. The highest BCUT2D eigenvalue weighted by atomic mass is 35.5. The van der Waals surface area contributed by atoms with E-state index in [0.717, 1.165) is 0 Å². The Kier molecular flexibility index (Phi) is 1.94. The van der Waals surface area contributed by atoms with Crippen LogP contribution in [0.3, 0.4) is 0 Å². The van der Waals surface area contributed by atoms with E-state index in [4.69, 9.17) is 23.2 Å². The van der Waals surface area contributed by atoms with Crippen LogP contribution >= 0.6 is 23.2 Å². The quantitative estimate of drug-likeness (QED) is 0.517. The van der Waals surface area contributed by atoms with Gasteiger partial charge >= 0.3 is 0 Å². The van der Waals surface area contributed by atoms with Gasteiger partial charge in [0.1, 0.15) is 0 Å². The van der Waals surface area contributed by atoms with E-state index in [0.29, 0.717) is 0 Å². The third kappa shape index (κ3) is 1.35. The molecule has 1 aromatic carbocycles. The first-order chi connectivity index (χ1) is 4.22. The van der Waals surface area contributed by atoms with E-state index in [2.05, 4.69) is 6.07 Å². The molecule has 9 heavy (non-hydrogen) atoms. The van der Waals surface area contributed by atoms with Crippen LogP contribution in [0.25, 0.3) is 0 Å². The molecule has 0 fully saturated rings. The van der Waals surface area contributed by atoms with Crippen LogP contribution in [-0.2, 0) is 0 Å². The highest BCUT2D eigenvalue weighted by molar-refractivity contribution is 6.42. The standard InChI is InChI=1S/C6H2Cl2F/c7-4-2-1-3-5(9)6(4)8/h1-2H. The molecule has 0 N–H and O–H groups in total. The Morgan fingerprint density at radius 3 is 2.56 bits per heavy atom. The zero-order valence-electron chi connectivity index (χ0n) is 4.29. The van der Waals surface area contributed by atoms with Crippen molar-refractivity contribution in [2.24, 2.45) is 0 Å². The van der Waals surface area contributed by atoms with E-state index in [1.54, 1.807) is 0 Å². The van der Waals surface area contributed by atoms with E-state index >= 15 is 0 Å². The molecule has 0 heterocycles. The Balaban J connectivity index is 3.25. The molecule has 0 saturated heterocycles. The average molecular weight is 164 g/mol. The predicted molar refractivity (Wildman–Crippen MR) is 35.3 cm³/mol. The van der Waals surface area contributed by atoms with Crippen LogP contribution in [0.2, 0.25) is 10.0 Å². The second-order valence-electron chi connectivity index (χ2n) is 1.45. The van der Waals surface area contributed by atoms with Gasteiger partial charge in [0.2, 0.25) is 0 Å². The largest absolute Gasteiger partial charge is 0.205 e. The van der Waals surface area contributed by atoms with Gasteiger partial charge in [-0.25, -0.2) is 4.39 Å². The molecule has 3 heteroatoms. The summed E-state index contributed by atoms with van der Waals surface area (Å²) in [7, 11) is 0. The maximum atomic E-state index is 12.3. The van der Waals surface area contributed by atoms with E-state index in [9.17, 15) is 4.39 Å². The maximum absolute atomic E-state index is 12.3. The monoisotopic (exact) mass is 163 g/mol. The highest BCUT2D eigenvalue weighted by Gasteiger charge is 2.01. The molecule has 0 aliphatic carbocycles. The minimum absolute atomic E-state index is 0.0702. The number of halogens is 3. The first kappa shape index (κ1) is 6.84. The van der Waals surface area contributed by atoms with Crippen LogP contribution in [-0.4, -0.2) is 0 Å². The molecule has 0 nitrogen and oxygen atoms in total. The molecule has 0 saturated carbocycles. The normalized spacial score (nSPS) is 9.67. The summed E-state index contributed by atoms with van der Waals surface area (Å²) < 4.78 is 12.3. The minimum atomic E-state index is -0.607. The van der Waals surface area contributed by atoms with Crippen LogP contribution in [0.15, 0.2) is 12.1 Å². The summed E-state index contributed by atoms with van der Waals surface area (Å²) in [5.74, 6) is -0.607. The second kappa shape index (κ2) is 2.54. The Morgan fingerprint density at radius 2 is 2.11 bits per heavy atom. The fourth-order valence-electron chi connectivity index (χ4n) is 0.429. The molecule has 1 aromatic rings. The van der Waals surface area contributed by atoms with Gasteiger partial charge < -0.3 is 0 Å². The average Bonchev–Trinajstić information content (AvgIpc) is 1.83. The van der Waals surface area contributed by atoms with Crippen LogP contribution in [0.4, 0.5) is 4.39 Å². The summed E-state index contributed by atoms with van der Waals surface area (Å²) in [6.45, 7) is 0. The Bertz CT molecular complexity index is 202. The van der Waals surface area contributed by atoms with Crippen molar-refractivity contribution in [1.82, 2.24) is 0 Å².